The molecule has 0 aromatic heterocycles. The maximum atomic E-state index is 14.4. The van der Waals surface area contributed by atoms with Crippen LogP contribution >= 0.6 is 0 Å². The molecule has 0 saturated carbocycles. The average molecular weight is 469 g/mol. The zero-order chi connectivity index (χ0) is 23.2. The molecule has 2 aromatic carbocycles. The van der Waals surface area contributed by atoms with Crippen molar-refractivity contribution >= 4 is 19.7 Å². The molecule has 2 aromatic rings. The zero-order valence-corrected chi connectivity index (χ0v) is 20.1. The fraction of sp³-hybridized carbons (Fsp3) is 0.478. The first-order valence-electron chi connectivity index (χ1n) is 10.1. The van der Waals surface area contributed by atoms with E-state index in [1.54, 1.807) is 44.2 Å². The molecule has 0 aliphatic carbocycles. The highest BCUT2D eigenvalue weighted by Crippen LogP contribution is 2.43. The van der Waals surface area contributed by atoms with Crippen LogP contribution in [0.25, 0.3) is 0 Å². The lowest BCUT2D eigenvalue weighted by atomic mass is 9.92. The minimum atomic E-state index is -3.80. The summed E-state index contributed by atoms with van der Waals surface area (Å²) in [6, 6.07) is 11.1. The van der Waals surface area contributed by atoms with Crippen molar-refractivity contribution < 1.29 is 26.0 Å². The lowest BCUT2D eigenvalue weighted by molar-refractivity contribution is 0.000183. The van der Waals surface area contributed by atoms with Gasteiger partial charge in [-0.3, -0.25) is 0 Å². The number of ether oxygens (including phenoxy) is 1. The van der Waals surface area contributed by atoms with E-state index in [4.69, 9.17) is 4.74 Å². The highest BCUT2D eigenvalue weighted by molar-refractivity contribution is 7.92. The summed E-state index contributed by atoms with van der Waals surface area (Å²) >= 11 is 0. The summed E-state index contributed by atoms with van der Waals surface area (Å²) in [5.41, 5.74) is -0.0970. The van der Waals surface area contributed by atoms with E-state index in [9.17, 15) is 21.2 Å². The van der Waals surface area contributed by atoms with Crippen LogP contribution in [-0.2, 0) is 30.1 Å². The molecule has 0 spiro atoms. The van der Waals surface area contributed by atoms with Crippen molar-refractivity contribution in [3.8, 4) is 0 Å². The van der Waals surface area contributed by atoms with Crippen molar-refractivity contribution in [1.29, 1.82) is 0 Å². The first kappa shape index (κ1) is 23.9. The van der Waals surface area contributed by atoms with E-state index in [1.165, 1.54) is 26.0 Å². The Hall–Kier alpha value is -1.77. The number of aryl methyl sites for hydroxylation is 1. The Bertz CT molecular complexity index is 1200. The molecule has 0 amide bonds. The van der Waals surface area contributed by atoms with Crippen molar-refractivity contribution in [2.45, 2.75) is 66.8 Å². The molecule has 5 nitrogen and oxygen atoms in total. The number of sulfone groups is 2. The zero-order valence-electron chi connectivity index (χ0n) is 18.5. The van der Waals surface area contributed by atoms with Crippen LogP contribution in [0.2, 0.25) is 0 Å². The number of hydrogen-bond acceptors (Lipinski definition) is 5. The summed E-state index contributed by atoms with van der Waals surface area (Å²) in [6.45, 7) is 6.40. The van der Waals surface area contributed by atoms with Gasteiger partial charge in [-0.05, 0) is 75.4 Å². The highest BCUT2D eigenvalue weighted by atomic mass is 32.2. The van der Waals surface area contributed by atoms with Gasteiger partial charge in [-0.1, -0.05) is 24.3 Å². The van der Waals surface area contributed by atoms with Gasteiger partial charge in [-0.25, -0.2) is 21.2 Å². The molecule has 2 atom stereocenters. The molecule has 2 unspecified atom stereocenters. The standard InChI is InChI=1S/C23H29FO5S2/c1-16-9-10-17(13-21(16)30(5,25)26)20-15-23(4,11-12-29-20)31(27,28)19-8-6-7-18(14-19)22(2,3)24/h6-10,13-14,20H,11-12,15H2,1-5H3. The quantitative estimate of drug-likeness (QED) is 0.636. The third kappa shape index (κ3) is 4.71. The van der Waals surface area contributed by atoms with Gasteiger partial charge >= 0.3 is 0 Å². The maximum absolute atomic E-state index is 14.4. The minimum absolute atomic E-state index is 0.0830. The number of halogens is 1. The van der Waals surface area contributed by atoms with E-state index in [2.05, 4.69) is 0 Å². The largest absolute Gasteiger partial charge is 0.373 e. The minimum Gasteiger partial charge on any atom is -0.373 e. The molecule has 1 fully saturated rings. The first-order chi connectivity index (χ1) is 14.1. The summed E-state index contributed by atoms with van der Waals surface area (Å²) < 4.78 is 70.5. The van der Waals surface area contributed by atoms with E-state index < -0.39 is 36.2 Å². The van der Waals surface area contributed by atoms with Crippen molar-refractivity contribution in [3.05, 3.63) is 59.2 Å². The van der Waals surface area contributed by atoms with E-state index >= 15 is 0 Å². The third-order valence-electron chi connectivity index (χ3n) is 6.03. The second-order valence-corrected chi connectivity index (χ2v) is 13.5. The Morgan fingerprint density at radius 2 is 1.77 bits per heavy atom. The number of hydrogen-bond donors (Lipinski definition) is 0. The lowest BCUT2D eigenvalue weighted by Crippen LogP contribution is -2.42. The molecule has 0 radical (unpaired) electrons. The van der Waals surface area contributed by atoms with Crippen molar-refractivity contribution in [2.75, 3.05) is 12.9 Å². The van der Waals surface area contributed by atoms with Gasteiger partial charge in [0.1, 0.15) is 5.67 Å². The normalized spacial score (nSPS) is 23.0. The highest BCUT2D eigenvalue weighted by Gasteiger charge is 2.45. The van der Waals surface area contributed by atoms with Gasteiger partial charge in [0.25, 0.3) is 0 Å². The smallest absolute Gasteiger partial charge is 0.184 e. The summed E-state index contributed by atoms with van der Waals surface area (Å²) in [6.07, 6.45) is 1.05. The Balaban J connectivity index is 1.99. The van der Waals surface area contributed by atoms with Gasteiger partial charge in [0, 0.05) is 12.9 Å². The van der Waals surface area contributed by atoms with Gasteiger partial charge in [-0.2, -0.15) is 0 Å². The van der Waals surface area contributed by atoms with Gasteiger partial charge in [0.05, 0.1) is 20.6 Å². The van der Waals surface area contributed by atoms with E-state index in [-0.39, 0.29) is 22.8 Å². The molecule has 1 heterocycles. The second kappa shape index (κ2) is 7.98. The molecule has 170 valence electrons. The van der Waals surface area contributed by atoms with Gasteiger partial charge < -0.3 is 4.74 Å². The molecule has 0 N–H and O–H groups in total. The van der Waals surface area contributed by atoms with Crippen LogP contribution < -0.4 is 0 Å². The summed E-state index contributed by atoms with van der Waals surface area (Å²) in [4.78, 5) is 0.293. The molecule has 31 heavy (non-hydrogen) atoms. The number of alkyl halides is 1. The summed E-state index contributed by atoms with van der Waals surface area (Å²) in [5, 5.41) is 0. The molecular formula is C23H29FO5S2. The average Bonchev–Trinajstić information content (AvgIpc) is 2.67. The topological polar surface area (TPSA) is 77.5 Å². The molecule has 1 aliphatic heterocycles. The predicted octanol–water partition coefficient (Wildman–Crippen LogP) is 4.69. The molecule has 8 heteroatoms. The van der Waals surface area contributed by atoms with Crippen molar-refractivity contribution in [1.82, 2.24) is 0 Å². The fourth-order valence-corrected chi connectivity index (χ4v) is 6.80. The monoisotopic (exact) mass is 468 g/mol. The summed E-state index contributed by atoms with van der Waals surface area (Å²) in [5.74, 6) is 0. The summed E-state index contributed by atoms with van der Waals surface area (Å²) in [7, 11) is -7.22. The predicted molar refractivity (Wildman–Crippen MR) is 118 cm³/mol. The van der Waals surface area contributed by atoms with Gasteiger partial charge in [-0.15, -0.1) is 0 Å². The van der Waals surface area contributed by atoms with Crippen LogP contribution in [0.4, 0.5) is 4.39 Å². The van der Waals surface area contributed by atoms with Crippen molar-refractivity contribution in [2.24, 2.45) is 0 Å². The van der Waals surface area contributed by atoms with Gasteiger partial charge in [0.15, 0.2) is 19.7 Å². The number of benzene rings is 2. The first-order valence-corrected chi connectivity index (χ1v) is 13.5. The SMILES string of the molecule is Cc1ccc(C2CC(C)(S(=O)(=O)c3cccc(C(C)(C)F)c3)CCO2)cc1S(C)(=O)=O. The van der Waals surface area contributed by atoms with E-state index in [0.29, 0.717) is 23.1 Å². The van der Waals surface area contributed by atoms with E-state index in [0.717, 1.165) is 6.26 Å². The second-order valence-electron chi connectivity index (χ2n) is 9.06. The third-order valence-corrected chi connectivity index (χ3v) is 9.81. The number of rotatable bonds is 5. The molecule has 1 aliphatic rings. The lowest BCUT2D eigenvalue weighted by Gasteiger charge is -2.38. The Labute approximate surface area is 184 Å². The molecule has 3 rings (SSSR count). The molecular weight excluding hydrogens is 439 g/mol. The van der Waals surface area contributed by atoms with Crippen LogP contribution in [0.3, 0.4) is 0 Å². The van der Waals surface area contributed by atoms with Crippen LogP contribution in [0.5, 0.6) is 0 Å². The van der Waals surface area contributed by atoms with Gasteiger partial charge in [0.2, 0.25) is 0 Å². The van der Waals surface area contributed by atoms with E-state index in [1.807, 2.05) is 0 Å². The Morgan fingerprint density at radius 1 is 1.10 bits per heavy atom. The fourth-order valence-electron chi connectivity index (χ4n) is 3.96. The Kier molecular flexibility index (Phi) is 6.14. The van der Waals surface area contributed by atoms with Crippen LogP contribution in [0, 0.1) is 6.92 Å². The van der Waals surface area contributed by atoms with Crippen LogP contribution in [-0.4, -0.2) is 34.4 Å². The molecule has 1 saturated heterocycles. The molecule has 0 bridgehead atoms. The Morgan fingerprint density at radius 3 is 2.39 bits per heavy atom. The van der Waals surface area contributed by atoms with Crippen molar-refractivity contribution in [3.63, 3.8) is 0 Å². The van der Waals surface area contributed by atoms with Crippen LogP contribution in [0.1, 0.15) is 56.4 Å². The maximum Gasteiger partial charge on any atom is 0.184 e. The van der Waals surface area contributed by atoms with Crippen LogP contribution in [0.15, 0.2) is 52.3 Å².